The Morgan fingerprint density at radius 2 is 1.91 bits per heavy atom. The van der Waals surface area contributed by atoms with E-state index in [1.165, 1.54) is 32.1 Å². The third-order valence-corrected chi connectivity index (χ3v) is 7.46. The molecule has 22 heavy (non-hydrogen) atoms. The minimum atomic E-state index is -0.345. The molecule has 0 aromatic carbocycles. The Hall–Kier alpha value is -0.370. The molecule has 0 amide bonds. The summed E-state index contributed by atoms with van der Waals surface area (Å²) >= 11 is 0. The first-order chi connectivity index (χ1) is 10.4. The van der Waals surface area contributed by atoms with Crippen LogP contribution in [0.15, 0.2) is 0 Å². The molecule has 0 heterocycles. The molecule has 0 aliphatic heterocycles. The summed E-state index contributed by atoms with van der Waals surface area (Å²) in [7, 11) is 0. The molecule has 0 aromatic heterocycles. The fraction of sp³-hybridized carbons (Fsp3) is 0.950. The van der Waals surface area contributed by atoms with Crippen molar-refractivity contribution < 1.29 is 9.90 Å². The van der Waals surface area contributed by atoms with Gasteiger partial charge >= 0.3 is 0 Å². The lowest BCUT2D eigenvalue weighted by molar-refractivity contribution is -0.130. The number of fused-ring (bicyclic) bond motifs is 1. The van der Waals surface area contributed by atoms with Crippen LogP contribution in [0.5, 0.6) is 0 Å². The summed E-state index contributed by atoms with van der Waals surface area (Å²) in [6.07, 6.45) is 13.4. The average Bonchev–Trinajstić information content (AvgIpc) is 3.03. The van der Waals surface area contributed by atoms with E-state index in [-0.39, 0.29) is 11.0 Å². The van der Waals surface area contributed by atoms with Gasteiger partial charge < -0.3 is 5.11 Å². The van der Waals surface area contributed by atoms with Crippen molar-refractivity contribution in [1.82, 2.24) is 0 Å². The summed E-state index contributed by atoms with van der Waals surface area (Å²) in [5, 5.41) is 10.5. The van der Waals surface area contributed by atoms with Crippen LogP contribution in [0.1, 0.15) is 90.9 Å². The van der Waals surface area contributed by atoms with Gasteiger partial charge in [0.25, 0.3) is 0 Å². The number of Topliss-reactive ketones (excluding diaryl/α,β-unsaturated/α-hetero) is 1. The Labute approximate surface area is 136 Å². The van der Waals surface area contributed by atoms with E-state index in [0.29, 0.717) is 17.6 Å². The molecular weight excluding hydrogens is 272 g/mol. The topological polar surface area (TPSA) is 37.3 Å². The van der Waals surface area contributed by atoms with E-state index in [0.717, 1.165) is 50.9 Å². The van der Waals surface area contributed by atoms with Gasteiger partial charge in [-0.15, -0.1) is 0 Å². The van der Waals surface area contributed by atoms with Crippen molar-refractivity contribution in [1.29, 1.82) is 0 Å². The SMILES string of the molecule is CC(CCCC1(O)CCCC1)C1CCC2C(=O)CCCC21C. The van der Waals surface area contributed by atoms with Gasteiger partial charge in [-0.25, -0.2) is 0 Å². The first-order valence-corrected chi connectivity index (χ1v) is 9.70. The summed E-state index contributed by atoms with van der Waals surface area (Å²) < 4.78 is 0. The summed E-state index contributed by atoms with van der Waals surface area (Å²) in [4.78, 5) is 12.2. The first kappa shape index (κ1) is 16.5. The third-order valence-electron chi connectivity index (χ3n) is 7.46. The second-order valence-corrected chi connectivity index (χ2v) is 8.86. The molecule has 0 aromatic rings. The Bertz CT molecular complexity index is 410. The summed E-state index contributed by atoms with van der Waals surface area (Å²) in [6.45, 7) is 4.80. The zero-order valence-corrected chi connectivity index (χ0v) is 14.6. The first-order valence-electron chi connectivity index (χ1n) is 9.70. The van der Waals surface area contributed by atoms with Gasteiger partial charge in [-0.1, -0.05) is 39.5 Å². The number of ketones is 1. The molecule has 3 rings (SSSR count). The number of hydrogen-bond donors (Lipinski definition) is 1. The summed E-state index contributed by atoms with van der Waals surface area (Å²) in [6, 6.07) is 0. The molecule has 0 saturated heterocycles. The maximum Gasteiger partial charge on any atom is 0.136 e. The molecule has 126 valence electrons. The van der Waals surface area contributed by atoms with Gasteiger partial charge in [-0.2, -0.15) is 0 Å². The van der Waals surface area contributed by atoms with Crippen LogP contribution in [0.4, 0.5) is 0 Å². The molecule has 2 nitrogen and oxygen atoms in total. The highest BCUT2D eigenvalue weighted by Gasteiger charge is 2.52. The maximum atomic E-state index is 12.2. The number of hydrogen-bond acceptors (Lipinski definition) is 2. The average molecular weight is 306 g/mol. The smallest absolute Gasteiger partial charge is 0.136 e. The lowest BCUT2D eigenvalue weighted by atomic mass is 9.62. The standard InChI is InChI=1S/C20H34O2/c1-15(7-5-14-20(22)12-3-4-13-20)16-9-10-17-18(21)8-6-11-19(16,17)2/h15-17,22H,3-14H2,1-2H3. The lowest BCUT2D eigenvalue weighted by Gasteiger charge is -2.42. The molecule has 3 aliphatic rings. The third kappa shape index (κ3) is 3.00. The minimum absolute atomic E-state index is 0.277. The van der Waals surface area contributed by atoms with Gasteiger partial charge in [-0.3, -0.25) is 4.79 Å². The molecule has 2 heteroatoms. The van der Waals surface area contributed by atoms with E-state index in [9.17, 15) is 9.90 Å². The van der Waals surface area contributed by atoms with Crippen molar-refractivity contribution in [2.24, 2.45) is 23.2 Å². The quantitative estimate of drug-likeness (QED) is 0.785. The van der Waals surface area contributed by atoms with Crippen molar-refractivity contribution in [2.75, 3.05) is 0 Å². The molecule has 4 atom stereocenters. The van der Waals surface area contributed by atoms with E-state index in [4.69, 9.17) is 0 Å². The molecule has 3 fully saturated rings. The van der Waals surface area contributed by atoms with E-state index in [1.54, 1.807) is 0 Å². The second-order valence-electron chi connectivity index (χ2n) is 8.86. The second kappa shape index (κ2) is 6.26. The van der Waals surface area contributed by atoms with Gasteiger partial charge in [0, 0.05) is 12.3 Å². The predicted octanol–water partition coefficient (Wildman–Crippen LogP) is 4.88. The Morgan fingerprint density at radius 1 is 1.18 bits per heavy atom. The molecule has 0 spiro atoms. The van der Waals surface area contributed by atoms with Crippen molar-refractivity contribution in [2.45, 2.75) is 96.5 Å². The number of carbonyl (C=O) groups excluding carboxylic acids is 1. The van der Waals surface area contributed by atoms with Crippen LogP contribution < -0.4 is 0 Å². The Kier molecular flexibility index (Phi) is 4.69. The zero-order chi connectivity index (χ0) is 15.8. The number of aliphatic hydroxyl groups is 1. The van der Waals surface area contributed by atoms with Crippen LogP contribution >= 0.6 is 0 Å². The molecule has 3 saturated carbocycles. The highest BCUT2D eigenvalue weighted by atomic mass is 16.3. The van der Waals surface area contributed by atoms with Crippen molar-refractivity contribution in [3.05, 3.63) is 0 Å². The van der Waals surface area contributed by atoms with Gasteiger partial charge in [0.15, 0.2) is 0 Å². The Morgan fingerprint density at radius 3 is 2.64 bits per heavy atom. The molecule has 1 N–H and O–H groups in total. The van der Waals surface area contributed by atoms with Gasteiger partial charge in [0.1, 0.15) is 5.78 Å². The molecule has 0 radical (unpaired) electrons. The highest BCUT2D eigenvalue weighted by Crippen LogP contribution is 2.57. The van der Waals surface area contributed by atoms with Crippen LogP contribution in [-0.2, 0) is 4.79 Å². The zero-order valence-electron chi connectivity index (χ0n) is 14.6. The van der Waals surface area contributed by atoms with Crippen LogP contribution in [0, 0.1) is 23.2 Å². The molecule has 0 bridgehead atoms. The van der Waals surface area contributed by atoms with Gasteiger partial charge in [-0.05, 0) is 62.2 Å². The van der Waals surface area contributed by atoms with Crippen molar-refractivity contribution in [3.63, 3.8) is 0 Å². The summed E-state index contributed by atoms with van der Waals surface area (Å²) in [5.74, 6) is 2.32. The lowest BCUT2D eigenvalue weighted by Crippen LogP contribution is -2.39. The van der Waals surface area contributed by atoms with E-state index >= 15 is 0 Å². The van der Waals surface area contributed by atoms with Gasteiger partial charge in [0.05, 0.1) is 5.60 Å². The largest absolute Gasteiger partial charge is 0.390 e. The highest BCUT2D eigenvalue weighted by molar-refractivity contribution is 5.83. The Balaban J connectivity index is 1.54. The van der Waals surface area contributed by atoms with Crippen molar-refractivity contribution >= 4 is 5.78 Å². The van der Waals surface area contributed by atoms with Crippen LogP contribution in [0.3, 0.4) is 0 Å². The molecule has 4 unspecified atom stereocenters. The van der Waals surface area contributed by atoms with Crippen molar-refractivity contribution in [3.8, 4) is 0 Å². The van der Waals surface area contributed by atoms with E-state index < -0.39 is 0 Å². The fourth-order valence-electron chi connectivity index (χ4n) is 6.14. The van der Waals surface area contributed by atoms with Gasteiger partial charge in [0.2, 0.25) is 0 Å². The van der Waals surface area contributed by atoms with Crippen LogP contribution in [0.2, 0.25) is 0 Å². The van der Waals surface area contributed by atoms with E-state index in [2.05, 4.69) is 13.8 Å². The summed E-state index contributed by atoms with van der Waals surface area (Å²) in [5.41, 5.74) is -0.0678. The minimum Gasteiger partial charge on any atom is -0.390 e. The fourth-order valence-corrected chi connectivity index (χ4v) is 6.14. The number of carbonyl (C=O) groups is 1. The van der Waals surface area contributed by atoms with E-state index in [1.807, 2.05) is 0 Å². The van der Waals surface area contributed by atoms with Crippen LogP contribution in [-0.4, -0.2) is 16.5 Å². The monoisotopic (exact) mass is 306 g/mol. The predicted molar refractivity (Wildman–Crippen MR) is 89.6 cm³/mol. The molecular formula is C20H34O2. The molecule has 3 aliphatic carbocycles. The normalized spacial score (nSPS) is 39.0. The van der Waals surface area contributed by atoms with Crippen LogP contribution in [0.25, 0.3) is 0 Å². The maximum absolute atomic E-state index is 12.2. The number of rotatable bonds is 5.